The van der Waals surface area contributed by atoms with Crippen molar-refractivity contribution in [3.05, 3.63) is 36.2 Å². The minimum absolute atomic E-state index is 0.595. The van der Waals surface area contributed by atoms with E-state index in [9.17, 15) is 0 Å². The zero-order valence-corrected chi connectivity index (χ0v) is 13.7. The van der Waals surface area contributed by atoms with Crippen molar-refractivity contribution >= 4 is 23.7 Å². The fraction of sp³-hybridized carbons (Fsp3) is 0.294. The van der Waals surface area contributed by atoms with Crippen LogP contribution in [0.4, 0.5) is 0 Å². The third-order valence-corrected chi connectivity index (χ3v) is 4.05. The van der Waals surface area contributed by atoms with Gasteiger partial charge in [-0.15, -0.1) is 12.6 Å². The molecule has 2 heterocycles. The Kier molecular flexibility index (Phi) is 4.34. The van der Waals surface area contributed by atoms with Crippen LogP contribution in [0.25, 0.3) is 22.4 Å². The lowest BCUT2D eigenvalue weighted by Crippen LogP contribution is -1.99. The van der Waals surface area contributed by atoms with Crippen LogP contribution in [0.1, 0.15) is 25.8 Å². The van der Waals surface area contributed by atoms with Gasteiger partial charge < -0.3 is 9.72 Å². The predicted octanol–water partition coefficient (Wildman–Crippen LogP) is 4.26. The number of hydrogen-bond donors (Lipinski definition) is 2. The summed E-state index contributed by atoms with van der Waals surface area (Å²) in [6.07, 6.45) is 5.57. The molecule has 1 aromatic carbocycles. The number of rotatable bonds is 5. The average molecular weight is 313 g/mol. The summed E-state index contributed by atoms with van der Waals surface area (Å²) in [4.78, 5) is 12.9. The molecule has 22 heavy (non-hydrogen) atoms. The van der Waals surface area contributed by atoms with Crippen LogP contribution in [-0.2, 0) is 6.42 Å². The van der Waals surface area contributed by atoms with Crippen molar-refractivity contribution in [3.63, 3.8) is 0 Å². The Bertz CT molecular complexity index is 765. The lowest BCUT2D eigenvalue weighted by Gasteiger charge is -2.14. The molecule has 114 valence electrons. The quantitative estimate of drug-likeness (QED) is 0.692. The van der Waals surface area contributed by atoms with E-state index in [1.165, 1.54) is 5.56 Å². The number of thiol groups is 1. The van der Waals surface area contributed by atoms with Crippen LogP contribution in [0.2, 0.25) is 0 Å². The molecule has 0 aliphatic heterocycles. The van der Waals surface area contributed by atoms with E-state index >= 15 is 0 Å². The molecule has 0 aliphatic rings. The second kappa shape index (κ2) is 6.40. The fourth-order valence-electron chi connectivity index (χ4n) is 2.54. The maximum atomic E-state index is 5.85. The van der Waals surface area contributed by atoms with Gasteiger partial charge in [-0.25, -0.2) is 4.98 Å². The van der Waals surface area contributed by atoms with Crippen LogP contribution in [0.3, 0.4) is 0 Å². The molecular weight excluding hydrogens is 294 g/mol. The van der Waals surface area contributed by atoms with E-state index in [4.69, 9.17) is 4.74 Å². The van der Waals surface area contributed by atoms with Gasteiger partial charge in [-0.1, -0.05) is 19.4 Å². The molecule has 2 aromatic heterocycles. The summed E-state index contributed by atoms with van der Waals surface area (Å²) in [6, 6.07) is 6.08. The van der Waals surface area contributed by atoms with E-state index in [1.807, 2.05) is 13.0 Å². The number of nitrogens with one attached hydrogen (secondary N) is 1. The van der Waals surface area contributed by atoms with Gasteiger partial charge in [-0.2, -0.15) is 0 Å². The number of imidazole rings is 1. The van der Waals surface area contributed by atoms with Crippen LogP contribution in [0, 0.1) is 0 Å². The first-order valence-corrected chi connectivity index (χ1v) is 7.97. The molecule has 0 spiro atoms. The summed E-state index contributed by atoms with van der Waals surface area (Å²) in [5, 5.41) is 0. The lowest BCUT2D eigenvalue weighted by molar-refractivity contribution is 0.333. The number of H-pyrrole nitrogens is 1. The fourth-order valence-corrected chi connectivity index (χ4v) is 2.92. The van der Waals surface area contributed by atoms with E-state index in [1.54, 1.807) is 12.4 Å². The Balaban J connectivity index is 2.14. The monoisotopic (exact) mass is 313 g/mol. The first-order valence-electron chi connectivity index (χ1n) is 7.52. The van der Waals surface area contributed by atoms with E-state index < -0.39 is 0 Å². The SMILES string of the molecule is CCCc1ccc(-c2nc3cnccc3[nH]2)c(OCC)c1S. The molecule has 4 nitrogen and oxygen atoms in total. The highest BCUT2D eigenvalue weighted by Crippen LogP contribution is 2.37. The summed E-state index contributed by atoms with van der Waals surface area (Å²) < 4.78 is 5.85. The van der Waals surface area contributed by atoms with E-state index in [2.05, 4.69) is 46.6 Å². The minimum atomic E-state index is 0.595. The largest absolute Gasteiger partial charge is 0.492 e. The highest BCUT2D eigenvalue weighted by atomic mass is 32.1. The van der Waals surface area contributed by atoms with Crippen LogP contribution >= 0.6 is 12.6 Å². The number of ether oxygens (including phenoxy) is 1. The molecule has 0 radical (unpaired) electrons. The first-order chi connectivity index (χ1) is 10.7. The third-order valence-electron chi connectivity index (χ3n) is 3.56. The van der Waals surface area contributed by atoms with Crippen molar-refractivity contribution in [2.24, 2.45) is 0 Å². The molecule has 0 fully saturated rings. The highest BCUT2D eigenvalue weighted by Gasteiger charge is 2.16. The molecule has 5 heteroatoms. The van der Waals surface area contributed by atoms with E-state index in [0.717, 1.165) is 45.9 Å². The van der Waals surface area contributed by atoms with Gasteiger partial charge in [0.05, 0.1) is 28.8 Å². The van der Waals surface area contributed by atoms with Crippen LogP contribution in [0.15, 0.2) is 35.5 Å². The summed E-state index contributed by atoms with van der Waals surface area (Å²) in [7, 11) is 0. The first kappa shape index (κ1) is 14.9. The van der Waals surface area contributed by atoms with Crippen molar-refractivity contribution in [1.82, 2.24) is 15.0 Å². The zero-order valence-electron chi connectivity index (χ0n) is 12.8. The number of aromatic amines is 1. The molecule has 0 bridgehead atoms. The number of aryl methyl sites for hydroxylation is 1. The van der Waals surface area contributed by atoms with Gasteiger partial charge in [0.2, 0.25) is 0 Å². The molecule has 0 saturated carbocycles. The van der Waals surface area contributed by atoms with Gasteiger partial charge in [-0.05, 0) is 31.0 Å². The molecule has 0 amide bonds. The van der Waals surface area contributed by atoms with Crippen LogP contribution in [-0.4, -0.2) is 21.6 Å². The Morgan fingerprint density at radius 2 is 2.09 bits per heavy atom. The van der Waals surface area contributed by atoms with Gasteiger partial charge in [0, 0.05) is 6.20 Å². The standard InChI is InChI=1S/C17H19N3OS/c1-3-5-11-6-7-12(15(16(11)22)21-4-2)17-19-13-8-9-18-10-14(13)20-17/h6-10,22H,3-5H2,1-2H3,(H,19,20). The smallest absolute Gasteiger partial charge is 0.143 e. The molecule has 0 aliphatic carbocycles. The van der Waals surface area contributed by atoms with Gasteiger partial charge in [-0.3, -0.25) is 4.98 Å². The number of pyridine rings is 1. The normalized spacial score (nSPS) is 11.0. The van der Waals surface area contributed by atoms with Crippen molar-refractivity contribution in [3.8, 4) is 17.1 Å². The lowest BCUT2D eigenvalue weighted by atomic mass is 10.1. The molecule has 3 rings (SSSR count). The summed E-state index contributed by atoms with van der Waals surface area (Å²) >= 11 is 4.68. The molecule has 1 N–H and O–H groups in total. The highest BCUT2D eigenvalue weighted by molar-refractivity contribution is 7.80. The Morgan fingerprint density at radius 1 is 1.23 bits per heavy atom. The number of aromatic nitrogens is 3. The van der Waals surface area contributed by atoms with Crippen molar-refractivity contribution in [1.29, 1.82) is 0 Å². The summed E-state index contributed by atoms with van der Waals surface area (Å²) in [5.74, 6) is 1.58. The summed E-state index contributed by atoms with van der Waals surface area (Å²) in [6.45, 7) is 4.73. The Hall–Kier alpha value is -2.01. The molecule has 0 saturated heterocycles. The van der Waals surface area contributed by atoms with Gasteiger partial charge in [0.1, 0.15) is 17.1 Å². The predicted molar refractivity (Wildman–Crippen MR) is 91.7 cm³/mol. The number of benzene rings is 1. The van der Waals surface area contributed by atoms with Crippen LogP contribution < -0.4 is 4.74 Å². The van der Waals surface area contributed by atoms with Crippen LogP contribution in [0.5, 0.6) is 5.75 Å². The maximum Gasteiger partial charge on any atom is 0.143 e. The number of fused-ring (bicyclic) bond motifs is 1. The third kappa shape index (κ3) is 2.68. The molecule has 0 atom stereocenters. The number of nitrogens with zero attached hydrogens (tertiary/aromatic N) is 2. The molecule has 0 unspecified atom stereocenters. The second-order valence-corrected chi connectivity index (χ2v) is 5.56. The Labute approximate surface area is 135 Å². The van der Waals surface area contributed by atoms with Crippen molar-refractivity contribution in [2.75, 3.05) is 6.61 Å². The molecule has 3 aromatic rings. The van der Waals surface area contributed by atoms with Gasteiger partial charge in [0.25, 0.3) is 0 Å². The van der Waals surface area contributed by atoms with Crippen molar-refractivity contribution in [2.45, 2.75) is 31.6 Å². The van der Waals surface area contributed by atoms with Gasteiger partial charge >= 0.3 is 0 Å². The minimum Gasteiger partial charge on any atom is -0.492 e. The number of hydrogen-bond acceptors (Lipinski definition) is 4. The van der Waals surface area contributed by atoms with Crippen molar-refractivity contribution < 1.29 is 4.74 Å². The molecular formula is C17H19N3OS. The Morgan fingerprint density at radius 3 is 2.82 bits per heavy atom. The maximum absolute atomic E-state index is 5.85. The topological polar surface area (TPSA) is 50.8 Å². The van der Waals surface area contributed by atoms with E-state index in [0.29, 0.717) is 6.61 Å². The van der Waals surface area contributed by atoms with Gasteiger partial charge in [0.15, 0.2) is 0 Å². The average Bonchev–Trinajstić information content (AvgIpc) is 2.95. The zero-order chi connectivity index (χ0) is 15.5. The van der Waals surface area contributed by atoms with E-state index in [-0.39, 0.29) is 0 Å². The second-order valence-electron chi connectivity index (χ2n) is 5.11. The summed E-state index contributed by atoms with van der Waals surface area (Å²) in [5.41, 5.74) is 3.95.